The molecule has 72 valence electrons. The van der Waals surface area contributed by atoms with Crippen molar-refractivity contribution in [1.82, 2.24) is 9.99 Å². The Morgan fingerprint density at radius 1 is 1.69 bits per heavy atom. The lowest BCUT2D eigenvalue weighted by atomic mass is 10.6. The summed E-state index contributed by atoms with van der Waals surface area (Å²) in [5, 5.41) is 2.42. The normalized spacial score (nSPS) is 10.2. The number of carbonyl (C=O) groups is 1. The third kappa shape index (κ3) is 2.67. The van der Waals surface area contributed by atoms with E-state index in [0.717, 1.165) is 0 Å². The van der Waals surface area contributed by atoms with E-state index in [1.807, 2.05) is 14.1 Å². The molecule has 0 aromatic carbocycles. The highest BCUT2D eigenvalue weighted by atomic mass is 32.1. The van der Waals surface area contributed by atoms with Gasteiger partial charge in [0.2, 0.25) is 0 Å². The van der Waals surface area contributed by atoms with Gasteiger partial charge in [-0.3, -0.25) is 5.43 Å². The molecule has 13 heavy (non-hydrogen) atoms. The summed E-state index contributed by atoms with van der Waals surface area (Å²) < 4.78 is 4.54. The molecule has 0 fully saturated rings. The maximum atomic E-state index is 11.0. The number of ether oxygens (including phenoxy) is 1. The molecule has 0 spiro atoms. The molecule has 1 heterocycles. The zero-order valence-electron chi connectivity index (χ0n) is 7.70. The number of aromatic nitrogens is 1. The molecule has 0 radical (unpaired) electrons. The predicted octanol–water partition coefficient (Wildman–Crippen LogP) is 0.818. The number of carbonyl (C=O) groups excluding carboxylic acids is 1. The Kier molecular flexibility index (Phi) is 3.21. The average Bonchev–Trinajstić information content (AvgIpc) is 2.50. The molecule has 1 rings (SSSR count). The molecule has 5 nitrogen and oxygen atoms in total. The van der Waals surface area contributed by atoms with Gasteiger partial charge in [-0.05, 0) is 0 Å². The zero-order valence-corrected chi connectivity index (χ0v) is 8.51. The second-order valence-electron chi connectivity index (χ2n) is 2.53. The lowest BCUT2D eigenvalue weighted by Gasteiger charge is -2.08. The highest BCUT2D eigenvalue weighted by Gasteiger charge is 2.10. The van der Waals surface area contributed by atoms with Gasteiger partial charge in [0.05, 0.1) is 13.3 Å². The smallest absolute Gasteiger partial charge is 0.349 e. The number of hydrogen-bond acceptors (Lipinski definition) is 6. The van der Waals surface area contributed by atoms with Crippen LogP contribution in [-0.4, -0.2) is 37.2 Å². The summed E-state index contributed by atoms with van der Waals surface area (Å²) in [7, 11) is 5.04. The van der Waals surface area contributed by atoms with E-state index in [1.165, 1.54) is 24.6 Å². The number of rotatable bonds is 3. The summed E-state index contributed by atoms with van der Waals surface area (Å²) in [6, 6.07) is 0. The highest BCUT2D eigenvalue weighted by molar-refractivity contribution is 7.17. The van der Waals surface area contributed by atoms with Crippen LogP contribution >= 0.6 is 11.3 Å². The minimum atomic E-state index is -0.357. The van der Waals surface area contributed by atoms with Gasteiger partial charge in [0.1, 0.15) is 4.88 Å². The van der Waals surface area contributed by atoms with E-state index in [2.05, 4.69) is 15.1 Å². The molecule has 1 aromatic heterocycles. The van der Waals surface area contributed by atoms with Gasteiger partial charge < -0.3 is 4.74 Å². The number of methoxy groups -OCH3 is 1. The summed E-state index contributed by atoms with van der Waals surface area (Å²) in [6.45, 7) is 0. The van der Waals surface area contributed by atoms with Gasteiger partial charge in [0, 0.05) is 14.1 Å². The van der Waals surface area contributed by atoms with E-state index in [0.29, 0.717) is 10.0 Å². The second-order valence-corrected chi connectivity index (χ2v) is 3.56. The maximum absolute atomic E-state index is 11.0. The maximum Gasteiger partial charge on any atom is 0.349 e. The Morgan fingerprint density at radius 2 is 2.38 bits per heavy atom. The van der Waals surface area contributed by atoms with Crippen molar-refractivity contribution in [2.24, 2.45) is 0 Å². The van der Waals surface area contributed by atoms with Crippen LogP contribution < -0.4 is 5.43 Å². The number of nitrogens with one attached hydrogen (secondary N) is 1. The van der Waals surface area contributed by atoms with Gasteiger partial charge in [0.15, 0.2) is 5.13 Å². The summed E-state index contributed by atoms with van der Waals surface area (Å²) in [5.41, 5.74) is 2.94. The Hall–Kier alpha value is -1.14. The van der Waals surface area contributed by atoms with Crippen molar-refractivity contribution in [3.05, 3.63) is 11.1 Å². The molecular weight excluding hydrogens is 190 g/mol. The molecule has 0 aliphatic heterocycles. The predicted molar refractivity (Wildman–Crippen MR) is 50.8 cm³/mol. The van der Waals surface area contributed by atoms with E-state index in [-0.39, 0.29) is 5.97 Å². The Bertz CT molecular complexity index is 298. The van der Waals surface area contributed by atoms with E-state index in [1.54, 1.807) is 5.01 Å². The zero-order chi connectivity index (χ0) is 9.84. The second kappa shape index (κ2) is 4.20. The van der Waals surface area contributed by atoms with Crippen LogP contribution in [0.1, 0.15) is 9.67 Å². The summed E-state index contributed by atoms with van der Waals surface area (Å²) >= 11 is 1.26. The van der Waals surface area contributed by atoms with Crippen molar-refractivity contribution in [2.45, 2.75) is 0 Å². The van der Waals surface area contributed by atoms with E-state index < -0.39 is 0 Å². The number of esters is 1. The van der Waals surface area contributed by atoms with Gasteiger partial charge in [-0.2, -0.15) is 0 Å². The van der Waals surface area contributed by atoms with Crippen LogP contribution in [0.5, 0.6) is 0 Å². The molecule has 0 saturated carbocycles. The van der Waals surface area contributed by atoms with Gasteiger partial charge in [-0.15, -0.1) is 0 Å². The lowest BCUT2D eigenvalue weighted by molar-refractivity contribution is 0.0606. The minimum absolute atomic E-state index is 0.357. The monoisotopic (exact) mass is 201 g/mol. The van der Waals surface area contributed by atoms with Gasteiger partial charge in [-0.1, -0.05) is 11.3 Å². The first kappa shape index (κ1) is 9.94. The van der Waals surface area contributed by atoms with Crippen molar-refractivity contribution in [3.63, 3.8) is 0 Å². The number of nitrogens with zero attached hydrogens (tertiary/aromatic N) is 2. The van der Waals surface area contributed by atoms with Crippen LogP contribution in [-0.2, 0) is 4.74 Å². The first-order valence-corrected chi connectivity index (χ1v) is 4.43. The minimum Gasteiger partial charge on any atom is -0.465 e. The standard InChI is InChI=1S/C7H11N3O2S/c1-10(2)9-7-8-4-5(13-7)6(11)12-3/h4H,1-3H3,(H,8,9). The summed E-state index contributed by atoms with van der Waals surface area (Å²) in [6.07, 6.45) is 1.49. The highest BCUT2D eigenvalue weighted by Crippen LogP contribution is 2.18. The molecular formula is C7H11N3O2S. The summed E-state index contributed by atoms with van der Waals surface area (Å²) in [5.74, 6) is -0.357. The molecule has 0 unspecified atom stereocenters. The average molecular weight is 201 g/mol. The Morgan fingerprint density at radius 3 is 2.92 bits per heavy atom. The quantitative estimate of drug-likeness (QED) is 0.579. The molecule has 0 bridgehead atoms. The fourth-order valence-electron chi connectivity index (χ4n) is 0.712. The van der Waals surface area contributed by atoms with Crippen LogP contribution in [0.3, 0.4) is 0 Å². The molecule has 0 aliphatic rings. The van der Waals surface area contributed by atoms with Gasteiger partial charge in [-0.25, -0.2) is 14.8 Å². The number of thiazole rings is 1. The summed E-state index contributed by atoms with van der Waals surface area (Å²) in [4.78, 5) is 15.5. The number of hydrazine groups is 1. The fraction of sp³-hybridized carbons (Fsp3) is 0.429. The molecule has 1 N–H and O–H groups in total. The van der Waals surface area contributed by atoms with Crippen LogP contribution in [0, 0.1) is 0 Å². The van der Waals surface area contributed by atoms with Gasteiger partial charge in [0.25, 0.3) is 0 Å². The third-order valence-corrected chi connectivity index (χ3v) is 2.09. The van der Waals surface area contributed by atoms with E-state index in [4.69, 9.17) is 0 Å². The first-order chi connectivity index (χ1) is 6.13. The van der Waals surface area contributed by atoms with Crippen molar-refractivity contribution in [1.29, 1.82) is 0 Å². The van der Waals surface area contributed by atoms with E-state index >= 15 is 0 Å². The van der Waals surface area contributed by atoms with Gasteiger partial charge >= 0.3 is 5.97 Å². The van der Waals surface area contributed by atoms with Crippen LogP contribution in [0.25, 0.3) is 0 Å². The van der Waals surface area contributed by atoms with Crippen molar-refractivity contribution < 1.29 is 9.53 Å². The molecule has 0 saturated heterocycles. The number of hydrogen-bond donors (Lipinski definition) is 1. The third-order valence-electron chi connectivity index (χ3n) is 1.21. The van der Waals surface area contributed by atoms with Crippen molar-refractivity contribution >= 4 is 22.4 Å². The topological polar surface area (TPSA) is 54.5 Å². The van der Waals surface area contributed by atoms with E-state index in [9.17, 15) is 4.79 Å². The van der Waals surface area contributed by atoms with Crippen molar-refractivity contribution in [2.75, 3.05) is 26.6 Å². The lowest BCUT2D eigenvalue weighted by Crippen LogP contribution is -2.19. The first-order valence-electron chi connectivity index (χ1n) is 3.61. The van der Waals surface area contributed by atoms with Crippen molar-refractivity contribution in [3.8, 4) is 0 Å². The Balaban J connectivity index is 2.69. The molecule has 0 aliphatic carbocycles. The molecule has 0 atom stereocenters. The van der Waals surface area contributed by atoms with Crippen LogP contribution in [0.4, 0.5) is 5.13 Å². The molecule has 6 heteroatoms. The Labute approximate surface area is 80.3 Å². The van der Waals surface area contributed by atoms with Crippen LogP contribution in [0.2, 0.25) is 0 Å². The largest absolute Gasteiger partial charge is 0.465 e. The molecule has 0 amide bonds. The number of anilines is 1. The SMILES string of the molecule is COC(=O)c1cnc(NN(C)C)s1. The van der Waals surface area contributed by atoms with Crippen LogP contribution in [0.15, 0.2) is 6.20 Å². The fourth-order valence-corrected chi connectivity index (χ4v) is 1.53. The molecule has 1 aromatic rings.